The van der Waals surface area contributed by atoms with Gasteiger partial charge in [0.25, 0.3) is 0 Å². The summed E-state index contributed by atoms with van der Waals surface area (Å²) in [4.78, 5) is 12.3. The summed E-state index contributed by atoms with van der Waals surface area (Å²) in [7, 11) is -4.64. The number of carbonyl (C=O) groups excluding carboxylic acids is 1. The molecule has 0 spiro atoms. The first-order chi connectivity index (χ1) is 10.5. The normalized spacial score (nSPS) is 29.8. The Kier molecular flexibility index (Phi) is 5.22. The van der Waals surface area contributed by atoms with Gasteiger partial charge in [0.1, 0.15) is 10.1 Å². The second kappa shape index (κ2) is 6.22. The monoisotopic (exact) mass is 376 g/mol. The van der Waals surface area contributed by atoms with Gasteiger partial charge in [-0.2, -0.15) is 0 Å². The van der Waals surface area contributed by atoms with E-state index in [1.54, 1.807) is 12.1 Å². The van der Waals surface area contributed by atoms with Crippen molar-refractivity contribution in [2.24, 2.45) is 16.7 Å². The van der Waals surface area contributed by atoms with Crippen molar-refractivity contribution in [3.63, 3.8) is 0 Å². The largest absolute Gasteiger partial charge is 1.00 e. The smallest absolute Gasteiger partial charge is 0.744 e. The average Bonchev–Trinajstić information content (AvgIpc) is 2.74. The zero-order chi connectivity index (χ0) is 17.2. The average molecular weight is 377 g/mol. The van der Waals surface area contributed by atoms with E-state index in [-0.39, 0.29) is 57.1 Å². The molecule has 1 aromatic carbocycles. The van der Waals surface area contributed by atoms with Gasteiger partial charge in [0.15, 0.2) is 5.78 Å². The van der Waals surface area contributed by atoms with Gasteiger partial charge in [0.05, 0.1) is 9.92 Å². The van der Waals surface area contributed by atoms with E-state index in [4.69, 9.17) is 11.6 Å². The van der Waals surface area contributed by atoms with Crippen molar-refractivity contribution in [3.8, 4) is 0 Å². The van der Waals surface area contributed by atoms with E-state index in [0.717, 1.165) is 18.4 Å². The van der Waals surface area contributed by atoms with Gasteiger partial charge in [-0.3, -0.25) is 4.79 Å². The van der Waals surface area contributed by atoms with Crippen LogP contribution >= 0.6 is 11.6 Å². The molecule has 2 fully saturated rings. The predicted molar refractivity (Wildman–Crippen MR) is 87.0 cm³/mol. The molecule has 0 radical (unpaired) electrons. The molecule has 0 aliphatic heterocycles. The van der Waals surface area contributed by atoms with Gasteiger partial charge in [-0.25, -0.2) is 8.42 Å². The number of ketones is 1. The summed E-state index contributed by atoms with van der Waals surface area (Å²) in [6.07, 6.45) is 3.53. The number of halogens is 1. The molecule has 2 aliphatic carbocycles. The first-order valence-corrected chi connectivity index (χ1v) is 9.29. The Morgan fingerprint density at radius 3 is 2.42 bits per heavy atom. The molecule has 0 saturated heterocycles. The summed E-state index contributed by atoms with van der Waals surface area (Å²) in [5.41, 5.74) is 0.749. The Morgan fingerprint density at radius 1 is 1.29 bits per heavy atom. The molecule has 24 heavy (non-hydrogen) atoms. The maximum absolute atomic E-state index is 12.8. The van der Waals surface area contributed by atoms with Crippen LogP contribution in [0, 0.1) is 16.7 Å². The van der Waals surface area contributed by atoms with Crippen molar-refractivity contribution in [1.29, 1.82) is 0 Å². The van der Waals surface area contributed by atoms with Gasteiger partial charge in [0.2, 0.25) is 0 Å². The first-order valence-electron chi connectivity index (χ1n) is 7.50. The van der Waals surface area contributed by atoms with Crippen LogP contribution in [-0.2, 0) is 14.9 Å². The molecule has 0 N–H and O–H groups in total. The minimum atomic E-state index is -4.64. The fourth-order valence-electron chi connectivity index (χ4n) is 4.07. The number of allylic oxidation sites excluding steroid dienone is 1. The molecule has 3 rings (SSSR count). The fourth-order valence-corrected chi connectivity index (χ4v) is 5.06. The fraction of sp³-hybridized carbons (Fsp3) is 0.471. The van der Waals surface area contributed by atoms with E-state index in [9.17, 15) is 17.8 Å². The molecule has 1 aromatic rings. The minimum absolute atomic E-state index is 0. The van der Waals surface area contributed by atoms with Gasteiger partial charge in [-0.1, -0.05) is 38.4 Å². The summed E-state index contributed by atoms with van der Waals surface area (Å²) in [5.74, 6) is 0.281. The van der Waals surface area contributed by atoms with E-state index in [1.807, 2.05) is 6.92 Å². The molecular formula is C17H18ClNaO4S. The van der Waals surface area contributed by atoms with E-state index in [1.165, 1.54) is 12.1 Å². The molecule has 0 amide bonds. The summed E-state index contributed by atoms with van der Waals surface area (Å²) < 4.78 is 33.8. The molecule has 2 atom stereocenters. The van der Waals surface area contributed by atoms with Gasteiger partial charge >= 0.3 is 29.6 Å². The zero-order valence-electron chi connectivity index (χ0n) is 14.2. The van der Waals surface area contributed by atoms with Crippen LogP contribution in [0.15, 0.2) is 28.7 Å². The van der Waals surface area contributed by atoms with E-state index < -0.39 is 15.0 Å². The number of hydrogen-bond donors (Lipinski definition) is 0. The van der Waals surface area contributed by atoms with Crippen LogP contribution in [0.3, 0.4) is 0 Å². The topological polar surface area (TPSA) is 74.3 Å². The summed E-state index contributed by atoms with van der Waals surface area (Å²) in [6.45, 7) is 6.23. The van der Waals surface area contributed by atoms with Crippen molar-refractivity contribution in [1.82, 2.24) is 0 Å². The van der Waals surface area contributed by atoms with Crippen molar-refractivity contribution < 1.29 is 47.3 Å². The van der Waals surface area contributed by atoms with Gasteiger partial charge < -0.3 is 4.55 Å². The number of benzene rings is 1. The van der Waals surface area contributed by atoms with E-state index in [0.29, 0.717) is 5.56 Å². The molecule has 7 heteroatoms. The Bertz CT molecular complexity index is 844. The zero-order valence-corrected chi connectivity index (χ0v) is 17.8. The van der Waals surface area contributed by atoms with Crippen molar-refractivity contribution >= 4 is 33.6 Å². The molecule has 2 bridgehead atoms. The molecule has 0 heterocycles. The van der Waals surface area contributed by atoms with Gasteiger partial charge in [-0.05, 0) is 53.5 Å². The summed E-state index contributed by atoms with van der Waals surface area (Å²) >= 11 is 5.79. The van der Waals surface area contributed by atoms with Gasteiger partial charge in [0, 0.05) is 5.41 Å². The molecule has 2 aliphatic rings. The Hall–Kier alpha value is -0.170. The van der Waals surface area contributed by atoms with Crippen molar-refractivity contribution in [2.45, 2.75) is 38.5 Å². The molecule has 2 saturated carbocycles. The third-order valence-corrected chi connectivity index (χ3v) is 7.23. The molecular weight excluding hydrogens is 359 g/mol. The third kappa shape index (κ3) is 2.83. The Balaban J connectivity index is 0.00000208. The van der Waals surface area contributed by atoms with Crippen molar-refractivity contribution in [2.75, 3.05) is 0 Å². The van der Waals surface area contributed by atoms with Crippen LogP contribution in [-0.4, -0.2) is 18.8 Å². The van der Waals surface area contributed by atoms with E-state index in [2.05, 4.69) is 13.8 Å². The number of carbonyl (C=O) groups is 1. The standard InChI is InChI=1S/C17H19ClO4S.Na/c1-16(2)12-6-7-17(16,3)15(19)11(12)8-10-4-5-13(18)14(9-10)23(20,21)22;/h4-5,8-9,12H,6-7H2,1-3H3,(H,20,21,22);/q;+1/p-1. The number of Topliss-reactive ketones (excluding diaryl/α,β-unsaturated/α-hetero) is 1. The number of rotatable bonds is 2. The summed E-state index contributed by atoms with van der Waals surface area (Å²) in [5, 5.41) is -0.103. The van der Waals surface area contributed by atoms with Gasteiger partial charge in [-0.15, -0.1) is 0 Å². The molecule has 124 valence electrons. The maximum atomic E-state index is 12.8. The maximum Gasteiger partial charge on any atom is 1.00 e. The first kappa shape index (κ1) is 20.1. The Morgan fingerprint density at radius 2 is 1.92 bits per heavy atom. The van der Waals surface area contributed by atoms with Crippen LogP contribution in [0.25, 0.3) is 6.08 Å². The van der Waals surface area contributed by atoms with Crippen LogP contribution in [0.4, 0.5) is 0 Å². The second-order valence-electron chi connectivity index (χ2n) is 7.22. The SMILES string of the molecule is CC12CCC(C(=Cc3ccc(Cl)c(S(=O)(=O)[O-])c3)C1=O)C2(C)C.[Na+]. The predicted octanol–water partition coefficient (Wildman–Crippen LogP) is 0.657. The molecule has 2 unspecified atom stereocenters. The van der Waals surface area contributed by atoms with Crippen LogP contribution in [0.2, 0.25) is 5.02 Å². The van der Waals surface area contributed by atoms with Crippen LogP contribution in [0.1, 0.15) is 39.2 Å². The minimum Gasteiger partial charge on any atom is -0.744 e. The number of fused-ring (bicyclic) bond motifs is 2. The quantitative estimate of drug-likeness (QED) is 0.431. The van der Waals surface area contributed by atoms with Crippen LogP contribution < -0.4 is 29.6 Å². The van der Waals surface area contributed by atoms with Crippen molar-refractivity contribution in [3.05, 3.63) is 34.4 Å². The molecule has 4 nitrogen and oxygen atoms in total. The molecule has 0 aromatic heterocycles. The number of hydrogen-bond acceptors (Lipinski definition) is 4. The third-order valence-electron chi connectivity index (χ3n) is 5.91. The Labute approximate surface area is 169 Å². The summed E-state index contributed by atoms with van der Waals surface area (Å²) in [6, 6.07) is 4.24. The second-order valence-corrected chi connectivity index (χ2v) is 8.97. The van der Waals surface area contributed by atoms with Crippen LogP contribution in [0.5, 0.6) is 0 Å². The van der Waals surface area contributed by atoms with E-state index >= 15 is 0 Å².